The van der Waals surface area contributed by atoms with Gasteiger partial charge < -0.3 is 5.32 Å². The van der Waals surface area contributed by atoms with Crippen molar-refractivity contribution < 1.29 is 14.4 Å². The number of carbonyl (C=O) groups is 3. The monoisotopic (exact) mass is 356 g/mol. The highest BCUT2D eigenvalue weighted by Gasteiger charge is 2.34. The molecule has 2 amide bonds. The van der Waals surface area contributed by atoms with E-state index in [1.165, 1.54) is 0 Å². The Kier molecular flexibility index (Phi) is 4.26. The van der Waals surface area contributed by atoms with E-state index >= 15 is 0 Å². The van der Waals surface area contributed by atoms with Crippen molar-refractivity contribution >= 4 is 23.3 Å². The van der Waals surface area contributed by atoms with E-state index in [1.54, 1.807) is 60.7 Å². The number of nitrogens with one attached hydrogen (secondary N) is 1. The molecule has 0 unspecified atom stereocenters. The zero-order chi connectivity index (χ0) is 18.8. The fraction of sp³-hybridized carbons (Fsp3) is 0.0455. The SMILES string of the molecule is O=C(c1ccccc1)c1cccc(NCN2C(=O)c3ccccc3C2=O)c1. The van der Waals surface area contributed by atoms with Crippen molar-refractivity contribution in [2.45, 2.75) is 0 Å². The molecule has 1 N–H and O–H groups in total. The molecule has 0 fully saturated rings. The van der Waals surface area contributed by atoms with Crippen molar-refractivity contribution in [3.8, 4) is 0 Å². The Morgan fingerprint density at radius 2 is 1.33 bits per heavy atom. The summed E-state index contributed by atoms with van der Waals surface area (Å²) in [5.41, 5.74) is 2.63. The number of hydrogen-bond acceptors (Lipinski definition) is 4. The summed E-state index contributed by atoms with van der Waals surface area (Å²) in [4.78, 5) is 38.5. The first-order chi connectivity index (χ1) is 13.1. The number of hydrogen-bond donors (Lipinski definition) is 1. The molecule has 5 nitrogen and oxygen atoms in total. The lowest BCUT2D eigenvalue weighted by molar-refractivity contribution is 0.0665. The first-order valence-corrected chi connectivity index (χ1v) is 8.54. The Morgan fingerprint density at radius 3 is 2.00 bits per heavy atom. The Labute approximate surface area is 156 Å². The molecule has 0 spiro atoms. The third-order valence-corrected chi connectivity index (χ3v) is 4.48. The number of imide groups is 1. The highest BCUT2D eigenvalue weighted by atomic mass is 16.2. The number of benzene rings is 3. The average Bonchev–Trinajstić information content (AvgIpc) is 2.97. The van der Waals surface area contributed by atoms with E-state index in [2.05, 4.69) is 5.32 Å². The van der Waals surface area contributed by atoms with Crippen molar-refractivity contribution in [2.24, 2.45) is 0 Å². The molecule has 1 aliphatic heterocycles. The summed E-state index contributed by atoms with van der Waals surface area (Å²) in [5.74, 6) is -0.723. The predicted octanol–water partition coefficient (Wildman–Crippen LogP) is 3.58. The molecule has 5 heteroatoms. The van der Waals surface area contributed by atoms with Crippen molar-refractivity contribution in [1.82, 2.24) is 4.90 Å². The van der Waals surface area contributed by atoms with Gasteiger partial charge in [0.15, 0.2) is 5.78 Å². The van der Waals surface area contributed by atoms with Crippen molar-refractivity contribution in [1.29, 1.82) is 0 Å². The van der Waals surface area contributed by atoms with Crippen LogP contribution in [0.1, 0.15) is 36.6 Å². The largest absolute Gasteiger partial charge is 0.367 e. The van der Waals surface area contributed by atoms with Gasteiger partial charge in [0.25, 0.3) is 11.8 Å². The number of ketones is 1. The second-order valence-electron chi connectivity index (χ2n) is 6.19. The van der Waals surface area contributed by atoms with Crippen molar-refractivity contribution in [3.63, 3.8) is 0 Å². The summed E-state index contributed by atoms with van der Waals surface area (Å²) in [5, 5.41) is 3.06. The molecular formula is C22H16N2O3. The highest BCUT2D eigenvalue weighted by Crippen LogP contribution is 2.22. The molecule has 0 atom stereocenters. The minimum atomic E-state index is -0.320. The minimum absolute atomic E-state index is 0.0370. The van der Waals surface area contributed by atoms with E-state index in [-0.39, 0.29) is 24.3 Å². The number of carbonyl (C=O) groups excluding carboxylic acids is 3. The Hall–Kier alpha value is -3.73. The molecule has 4 rings (SSSR count). The maximum atomic E-state index is 12.6. The van der Waals surface area contributed by atoms with E-state index < -0.39 is 0 Å². The Morgan fingerprint density at radius 1 is 0.741 bits per heavy atom. The van der Waals surface area contributed by atoms with Crippen LogP contribution in [0.3, 0.4) is 0 Å². The maximum absolute atomic E-state index is 12.6. The average molecular weight is 356 g/mol. The van der Waals surface area contributed by atoms with E-state index in [0.29, 0.717) is 27.9 Å². The van der Waals surface area contributed by atoms with Crippen LogP contribution < -0.4 is 5.32 Å². The van der Waals surface area contributed by atoms with Crippen molar-refractivity contribution in [2.75, 3.05) is 12.0 Å². The molecule has 0 aromatic heterocycles. The second-order valence-corrected chi connectivity index (χ2v) is 6.19. The van der Waals surface area contributed by atoms with Gasteiger partial charge in [0.1, 0.15) is 0 Å². The zero-order valence-electron chi connectivity index (χ0n) is 14.4. The van der Waals surface area contributed by atoms with Gasteiger partial charge in [0, 0.05) is 16.8 Å². The van der Waals surface area contributed by atoms with Crippen LogP contribution >= 0.6 is 0 Å². The van der Waals surface area contributed by atoms with E-state index in [0.717, 1.165) is 4.90 Å². The van der Waals surface area contributed by atoms with Crippen LogP contribution in [0.15, 0.2) is 78.9 Å². The Bertz CT molecular complexity index is 1010. The first-order valence-electron chi connectivity index (χ1n) is 8.54. The number of fused-ring (bicyclic) bond motifs is 1. The summed E-state index contributed by atoms with van der Waals surface area (Å²) in [6, 6.07) is 22.8. The number of amides is 2. The molecular weight excluding hydrogens is 340 g/mol. The van der Waals surface area contributed by atoms with Gasteiger partial charge in [0.05, 0.1) is 17.8 Å². The van der Waals surface area contributed by atoms with Crippen LogP contribution in [0.5, 0.6) is 0 Å². The normalized spacial score (nSPS) is 12.8. The lowest BCUT2D eigenvalue weighted by Crippen LogP contribution is -2.34. The fourth-order valence-corrected chi connectivity index (χ4v) is 3.08. The number of nitrogens with zero attached hydrogens (tertiary/aromatic N) is 1. The van der Waals surface area contributed by atoms with Crippen LogP contribution in [0, 0.1) is 0 Å². The van der Waals surface area contributed by atoms with Crippen LogP contribution in [0.25, 0.3) is 0 Å². The number of anilines is 1. The maximum Gasteiger partial charge on any atom is 0.263 e. The van der Waals surface area contributed by atoms with Crippen LogP contribution in [0.4, 0.5) is 5.69 Å². The molecule has 0 saturated heterocycles. The first kappa shape index (κ1) is 16.7. The topological polar surface area (TPSA) is 66.5 Å². The third kappa shape index (κ3) is 3.11. The fourth-order valence-electron chi connectivity index (χ4n) is 3.08. The lowest BCUT2D eigenvalue weighted by atomic mass is 10.0. The van der Waals surface area contributed by atoms with E-state index in [1.807, 2.05) is 18.2 Å². The highest BCUT2D eigenvalue weighted by molar-refractivity contribution is 6.21. The smallest absolute Gasteiger partial charge is 0.263 e. The van der Waals surface area contributed by atoms with Gasteiger partial charge >= 0.3 is 0 Å². The molecule has 0 bridgehead atoms. The molecule has 0 radical (unpaired) electrons. The van der Waals surface area contributed by atoms with E-state index in [9.17, 15) is 14.4 Å². The molecule has 1 heterocycles. The molecule has 1 aliphatic rings. The summed E-state index contributed by atoms with van der Waals surface area (Å²) in [7, 11) is 0. The van der Waals surface area contributed by atoms with Gasteiger partial charge in [-0.05, 0) is 24.3 Å². The van der Waals surface area contributed by atoms with Gasteiger partial charge in [-0.25, -0.2) is 0 Å². The molecule has 132 valence electrons. The third-order valence-electron chi connectivity index (χ3n) is 4.48. The molecule has 3 aromatic carbocycles. The van der Waals surface area contributed by atoms with Crippen LogP contribution in [-0.2, 0) is 0 Å². The Balaban J connectivity index is 1.49. The minimum Gasteiger partial charge on any atom is -0.367 e. The van der Waals surface area contributed by atoms with Gasteiger partial charge in [0.2, 0.25) is 0 Å². The summed E-state index contributed by atoms with van der Waals surface area (Å²) < 4.78 is 0. The van der Waals surface area contributed by atoms with Gasteiger partial charge in [-0.2, -0.15) is 0 Å². The van der Waals surface area contributed by atoms with Crippen molar-refractivity contribution in [3.05, 3.63) is 101 Å². The van der Waals surface area contributed by atoms with Gasteiger partial charge in [-0.15, -0.1) is 0 Å². The molecule has 3 aromatic rings. The summed E-state index contributed by atoms with van der Waals surface area (Å²) in [6.45, 7) is 0.0370. The molecule has 0 aliphatic carbocycles. The number of rotatable bonds is 5. The quantitative estimate of drug-likeness (QED) is 0.560. The van der Waals surface area contributed by atoms with E-state index in [4.69, 9.17) is 0 Å². The van der Waals surface area contributed by atoms with Gasteiger partial charge in [-0.1, -0.05) is 54.6 Å². The molecule has 0 saturated carbocycles. The summed E-state index contributed by atoms with van der Waals surface area (Å²) in [6.07, 6.45) is 0. The van der Waals surface area contributed by atoms with Crippen LogP contribution in [0.2, 0.25) is 0 Å². The van der Waals surface area contributed by atoms with Crippen LogP contribution in [-0.4, -0.2) is 29.2 Å². The lowest BCUT2D eigenvalue weighted by Gasteiger charge is -2.16. The predicted molar refractivity (Wildman–Crippen MR) is 102 cm³/mol. The standard InChI is InChI=1S/C22H16N2O3/c25-20(15-7-2-1-3-8-15)16-9-6-10-17(13-16)23-14-24-21(26)18-11-4-5-12-19(18)22(24)27/h1-13,23H,14H2. The second kappa shape index (κ2) is 6.88. The van der Waals surface area contributed by atoms with Gasteiger partial charge in [-0.3, -0.25) is 19.3 Å². The molecule has 27 heavy (non-hydrogen) atoms. The summed E-state index contributed by atoms with van der Waals surface area (Å²) >= 11 is 0. The zero-order valence-corrected chi connectivity index (χ0v) is 14.4.